The molecule has 0 spiro atoms. The fraction of sp³-hybridized carbons (Fsp3) is 0.400. The molecule has 0 atom stereocenters. The largest absolute Gasteiger partial charge is 0.467 e. The first kappa shape index (κ1) is 9.86. The van der Waals surface area contributed by atoms with Gasteiger partial charge in [0, 0.05) is 39.0 Å². The third-order valence-corrected chi connectivity index (χ3v) is 1.61. The second-order valence-electron chi connectivity index (χ2n) is 2.86. The Morgan fingerprint density at radius 3 is 2.85 bits per heavy atom. The average molecular weight is 180 g/mol. The van der Waals surface area contributed by atoms with E-state index in [0.29, 0.717) is 5.75 Å². The number of ether oxygens (including phenoxy) is 2. The normalized spacial score (nSPS) is 9.77. The Balaban J connectivity index is 2.68. The van der Waals surface area contributed by atoms with Gasteiger partial charge in [-0.1, -0.05) is 0 Å². The molecule has 0 N–H and O–H groups in total. The first-order chi connectivity index (χ1) is 6.24. The molecule has 0 saturated carbocycles. The van der Waals surface area contributed by atoms with Crippen molar-refractivity contribution in [3.8, 4) is 5.75 Å². The average Bonchev–Trinajstić information content (AvgIpc) is 2.15. The molecule has 0 heterocycles. The number of hydrogen-bond acceptors (Lipinski definition) is 3. The van der Waals surface area contributed by atoms with Gasteiger partial charge in [-0.25, -0.2) is 0 Å². The van der Waals surface area contributed by atoms with Crippen LogP contribution in [0.25, 0.3) is 0 Å². The number of methoxy groups -OCH3 is 1. The van der Waals surface area contributed by atoms with Gasteiger partial charge in [0.05, 0.1) is 0 Å². The van der Waals surface area contributed by atoms with Crippen molar-refractivity contribution in [2.45, 2.75) is 0 Å². The molecule has 3 heteroatoms. The number of benzene rings is 1. The molecular formula is C10H14NO2. The molecule has 3 nitrogen and oxygen atoms in total. The highest BCUT2D eigenvalue weighted by Crippen LogP contribution is 2.18. The monoisotopic (exact) mass is 180 g/mol. The number of anilines is 1. The van der Waals surface area contributed by atoms with Crippen molar-refractivity contribution >= 4 is 5.69 Å². The van der Waals surface area contributed by atoms with Crippen LogP contribution in [0.3, 0.4) is 0 Å². The van der Waals surface area contributed by atoms with Gasteiger partial charge in [0.2, 0.25) is 0 Å². The smallest absolute Gasteiger partial charge is 0.188 e. The maximum atomic E-state index is 5.24. The van der Waals surface area contributed by atoms with Crippen LogP contribution < -0.4 is 9.64 Å². The Morgan fingerprint density at radius 1 is 1.46 bits per heavy atom. The number of rotatable bonds is 4. The predicted octanol–water partition coefficient (Wildman–Crippen LogP) is 1.54. The van der Waals surface area contributed by atoms with Gasteiger partial charge in [-0.05, 0) is 12.1 Å². The summed E-state index contributed by atoms with van der Waals surface area (Å²) >= 11 is 0. The minimum atomic E-state index is 0.257. The highest BCUT2D eigenvalue weighted by atomic mass is 16.7. The van der Waals surface area contributed by atoms with E-state index in [0.717, 1.165) is 5.69 Å². The van der Waals surface area contributed by atoms with Crippen molar-refractivity contribution in [2.75, 3.05) is 32.9 Å². The van der Waals surface area contributed by atoms with E-state index in [2.05, 4.69) is 6.07 Å². The lowest BCUT2D eigenvalue weighted by molar-refractivity contribution is 0.0510. The van der Waals surface area contributed by atoms with E-state index < -0.39 is 0 Å². The van der Waals surface area contributed by atoms with Gasteiger partial charge < -0.3 is 14.4 Å². The molecule has 71 valence electrons. The predicted molar refractivity (Wildman–Crippen MR) is 52.1 cm³/mol. The number of nitrogens with zero attached hydrogens (tertiary/aromatic N) is 1. The van der Waals surface area contributed by atoms with Gasteiger partial charge >= 0.3 is 0 Å². The fourth-order valence-corrected chi connectivity index (χ4v) is 0.917. The topological polar surface area (TPSA) is 21.7 Å². The van der Waals surface area contributed by atoms with Crippen LogP contribution in [0, 0.1) is 6.07 Å². The maximum Gasteiger partial charge on any atom is 0.188 e. The maximum absolute atomic E-state index is 5.24. The van der Waals surface area contributed by atoms with E-state index in [1.807, 2.05) is 37.2 Å². The summed E-state index contributed by atoms with van der Waals surface area (Å²) in [5.74, 6) is 0.702. The van der Waals surface area contributed by atoms with Crippen LogP contribution in [0.4, 0.5) is 5.69 Å². The molecular weight excluding hydrogens is 166 g/mol. The van der Waals surface area contributed by atoms with Gasteiger partial charge in [0.1, 0.15) is 5.75 Å². The van der Waals surface area contributed by atoms with Gasteiger partial charge in [-0.15, -0.1) is 0 Å². The quantitative estimate of drug-likeness (QED) is 0.656. The molecule has 0 fully saturated rings. The Hall–Kier alpha value is -1.22. The van der Waals surface area contributed by atoms with Crippen molar-refractivity contribution in [1.29, 1.82) is 0 Å². The third kappa shape index (κ3) is 2.95. The molecule has 1 rings (SSSR count). The SMILES string of the molecule is COCOc1[c]ccc(N(C)C)c1. The summed E-state index contributed by atoms with van der Waals surface area (Å²) in [6, 6.07) is 8.69. The molecule has 0 aliphatic rings. The molecule has 0 aromatic heterocycles. The molecule has 0 unspecified atom stereocenters. The third-order valence-electron chi connectivity index (χ3n) is 1.61. The molecule has 0 saturated heterocycles. The summed E-state index contributed by atoms with van der Waals surface area (Å²) in [6.07, 6.45) is 0. The lowest BCUT2D eigenvalue weighted by atomic mass is 10.3. The van der Waals surface area contributed by atoms with Crippen molar-refractivity contribution in [3.05, 3.63) is 24.3 Å². The Bertz CT molecular complexity index is 261. The Labute approximate surface area is 78.9 Å². The highest BCUT2D eigenvalue weighted by molar-refractivity contribution is 5.48. The fourth-order valence-electron chi connectivity index (χ4n) is 0.917. The molecule has 13 heavy (non-hydrogen) atoms. The van der Waals surface area contributed by atoms with Crippen molar-refractivity contribution < 1.29 is 9.47 Å². The lowest BCUT2D eigenvalue weighted by Gasteiger charge is -2.13. The zero-order valence-electron chi connectivity index (χ0n) is 8.20. The zero-order chi connectivity index (χ0) is 9.68. The Kier molecular flexibility index (Phi) is 3.58. The molecule has 1 aromatic carbocycles. The summed E-state index contributed by atoms with van der Waals surface area (Å²) in [7, 11) is 5.56. The van der Waals surface area contributed by atoms with E-state index in [1.54, 1.807) is 7.11 Å². The van der Waals surface area contributed by atoms with Crippen LogP contribution in [0.5, 0.6) is 5.75 Å². The van der Waals surface area contributed by atoms with Gasteiger partial charge in [-0.2, -0.15) is 0 Å². The summed E-state index contributed by atoms with van der Waals surface area (Å²) in [5, 5.41) is 0. The molecule has 1 aromatic rings. The van der Waals surface area contributed by atoms with E-state index in [-0.39, 0.29) is 6.79 Å². The summed E-state index contributed by atoms with van der Waals surface area (Å²) in [5.41, 5.74) is 1.09. The lowest BCUT2D eigenvalue weighted by Crippen LogP contribution is -2.08. The Morgan fingerprint density at radius 2 is 2.23 bits per heavy atom. The standard InChI is InChI=1S/C10H14NO2/c1-11(2)9-5-4-6-10(7-9)13-8-12-3/h4-5,7H,8H2,1-3H3. The molecule has 1 radical (unpaired) electrons. The molecule has 0 amide bonds. The minimum Gasteiger partial charge on any atom is -0.467 e. The van der Waals surface area contributed by atoms with Gasteiger partial charge in [0.15, 0.2) is 6.79 Å². The van der Waals surface area contributed by atoms with E-state index >= 15 is 0 Å². The van der Waals surface area contributed by atoms with Gasteiger partial charge in [-0.3, -0.25) is 0 Å². The molecule has 0 aliphatic heterocycles. The second kappa shape index (κ2) is 4.72. The molecule has 0 bridgehead atoms. The van der Waals surface area contributed by atoms with Crippen LogP contribution in [-0.4, -0.2) is 28.0 Å². The van der Waals surface area contributed by atoms with Crippen LogP contribution in [0.2, 0.25) is 0 Å². The summed E-state index contributed by atoms with van der Waals surface area (Å²) < 4.78 is 10.0. The van der Waals surface area contributed by atoms with Gasteiger partial charge in [0.25, 0.3) is 0 Å². The zero-order valence-corrected chi connectivity index (χ0v) is 8.20. The first-order valence-electron chi connectivity index (χ1n) is 4.05. The van der Waals surface area contributed by atoms with Crippen molar-refractivity contribution in [3.63, 3.8) is 0 Å². The first-order valence-corrected chi connectivity index (χ1v) is 4.05. The van der Waals surface area contributed by atoms with E-state index in [4.69, 9.17) is 9.47 Å². The van der Waals surface area contributed by atoms with Crippen LogP contribution in [0.1, 0.15) is 0 Å². The highest BCUT2D eigenvalue weighted by Gasteiger charge is 1.97. The second-order valence-corrected chi connectivity index (χ2v) is 2.86. The van der Waals surface area contributed by atoms with Crippen LogP contribution in [0.15, 0.2) is 18.2 Å². The number of hydrogen-bond donors (Lipinski definition) is 0. The summed E-state index contributed by atoms with van der Waals surface area (Å²) in [4.78, 5) is 2.01. The van der Waals surface area contributed by atoms with Crippen molar-refractivity contribution in [2.24, 2.45) is 0 Å². The summed E-state index contributed by atoms with van der Waals surface area (Å²) in [6.45, 7) is 0.257. The minimum absolute atomic E-state index is 0.257. The van der Waals surface area contributed by atoms with Crippen molar-refractivity contribution in [1.82, 2.24) is 0 Å². The van der Waals surface area contributed by atoms with E-state index in [1.165, 1.54) is 0 Å². The van der Waals surface area contributed by atoms with Crippen LogP contribution >= 0.6 is 0 Å². The van der Waals surface area contributed by atoms with Crippen LogP contribution in [-0.2, 0) is 4.74 Å². The van der Waals surface area contributed by atoms with E-state index in [9.17, 15) is 0 Å². The molecule has 0 aliphatic carbocycles.